The van der Waals surface area contributed by atoms with Crippen LogP contribution in [0, 0.1) is 0 Å². The number of halogens is 3. The van der Waals surface area contributed by atoms with Gasteiger partial charge in [0, 0.05) is 13.2 Å². The van der Waals surface area contributed by atoms with E-state index in [1.807, 2.05) is 5.32 Å². The molecule has 112 valence electrons. The number of aromatic nitrogens is 1. The minimum atomic E-state index is -4.53. The fourth-order valence-electron chi connectivity index (χ4n) is 1.80. The van der Waals surface area contributed by atoms with Crippen molar-refractivity contribution in [1.82, 2.24) is 9.88 Å². The highest BCUT2D eigenvalue weighted by molar-refractivity contribution is 7.89. The van der Waals surface area contributed by atoms with Crippen LogP contribution in [0.25, 0.3) is 0 Å². The Kier molecular flexibility index (Phi) is 3.13. The van der Waals surface area contributed by atoms with E-state index in [0.717, 1.165) is 16.8 Å². The summed E-state index contributed by atoms with van der Waals surface area (Å²) in [5.74, 6) is -0.989. The quantitative estimate of drug-likeness (QED) is 0.851. The SMILES string of the molecule is Cn1cc(S(N)(=O)=O)cc1C(=O)NC1(C(F)(F)F)CC1. The average Bonchev–Trinajstić information content (AvgIpc) is 2.92. The Morgan fingerprint density at radius 2 is 2.00 bits per heavy atom. The first-order valence-electron chi connectivity index (χ1n) is 5.55. The molecule has 1 fully saturated rings. The van der Waals surface area contributed by atoms with E-state index in [4.69, 9.17) is 5.14 Å². The number of primary sulfonamides is 1. The predicted molar refractivity (Wildman–Crippen MR) is 62.3 cm³/mol. The standard InChI is InChI=1S/C10H12F3N3O3S/c1-16-5-6(20(14,18)19)4-7(16)8(17)15-9(2-3-9)10(11,12)13/h4-5H,2-3H2,1H3,(H,15,17)(H2,14,18,19). The molecule has 0 bridgehead atoms. The second kappa shape index (κ2) is 4.22. The van der Waals surface area contributed by atoms with E-state index < -0.39 is 27.6 Å². The summed E-state index contributed by atoms with van der Waals surface area (Å²) in [6, 6.07) is 0.942. The number of nitrogens with one attached hydrogen (secondary N) is 1. The minimum Gasteiger partial charge on any atom is -0.345 e. The predicted octanol–water partition coefficient (Wildman–Crippen LogP) is 0.497. The first-order valence-corrected chi connectivity index (χ1v) is 7.09. The Hall–Kier alpha value is -1.55. The summed E-state index contributed by atoms with van der Waals surface area (Å²) in [5.41, 5.74) is -2.40. The zero-order valence-corrected chi connectivity index (χ0v) is 11.2. The highest BCUT2D eigenvalue weighted by Gasteiger charge is 2.64. The van der Waals surface area contributed by atoms with Gasteiger partial charge in [-0.15, -0.1) is 0 Å². The summed E-state index contributed by atoms with van der Waals surface area (Å²) < 4.78 is 61.6. The summed E-state index contributed by atoms with van der Waals surface area (Å²) in [4.78, 5) is 11.5. The van der Waals surface area contributed by atoms with E-state index in [2.05, 4.69) is 0 Å². The van der Waals surface area contributed by atoms with Crippen LogP contribution in [0.3, 0.4) is 0 Å². The van der Waals surface area contributed by atoms with Gasteiger partial charge in [0.15, 0.2) is 0 Å². The summed E-state index contributed by atoms with van der Waals surface area (Å²) in [6.45, 7) is 0. The van der Waals surface area contributed by atoms with Crippen molar-refractivity contribution in [2.24, 2.45) is 12.2 Å². The Balaban J connectivity index is 2.26. The van der Waals surface area contributed by atoms with Crippen molar-refractivity contribution < 1.29 is 26.4 Å². The lowest BCUT2D eigenvalue weighted by Gasteiger charge is -2.20. The third-order valence-corrected chi connectivity index (χ3v) is 4.07. The lowest BCUT2D eigenvalue weighted by atomic mass is 10.2. The number of alkyl halides is 3. The zero-order chi connectivity index (χ0) is 15.3. The van der Waals surface area contributed by atoms with Crippen LogP contribution in [0.2, 0.25) is 0 Å². The second-order valence-electron chi connectivity index (χ2n) is 4.75. The first kappa shape index (κ1) is 14.9. The van der Waals surface area contributed by atoms with Crippen LogP contribution < -0.4 is 10.5 Å². The van der Waals surface area contributed by atoms with Crippen molar-refractivity contribution >= 4 is 15.9 Å². The van der Waals surface area contributed by atoms with Gasteiger partial charge >= 0.3 is 6.18 Å². The lowest BCUT2D eigenvalue weighted by Crippen LogP contribution is -2.48. The maximum absolute atomic E-state index is 12.7. The van der Waals surface area contributed by atoms with Crippen LogP contribution in [0.1, 0.15) is 23.3 Å². The molecular weight excluding hydrogens is 299 g/mol. The highest BCUT2D eigenvalue weighted by Crippen LogP contribution is 2.49. The number of hydrogen-bond donors (Lipinski definition) is 2. The van der Waals surface area contributed by atoms with Gasteiger partial charge in [-0.05, 0) is 18.9 Å². The fourth-order valence-corrected chi connectivity index (χ4v) is 2.38. The number of amides is 1. The van der Waals surface area contributed by atoms with E-state index >= 15 is 0 Å². The second-order valence-corrected chi connectivity index (χ2v) is 6.31. The number of sulfonamides is 1. The van der Waals surface area contributed by atoms with Crippen molar-refractivity contribution in [2.75, 3.05) is 0 Å². The number of carbonyl (C=O) groups excluding carboxylic acids is 1. The topological polar surface area (TPSA) is 94.2 Å². The molecule has 1 aromatic rings. The van der Waals surface area contributed by atoms with E-state index in [-0.39, 0.29) is 23.4 Å². The molecule has 0 unspecified atom stereocenters. The van der Waals surface area contributed by atoms with Gasteiger partial charge in [-0.2, -0.15) is 13.2 Å². The molecular formula is C10H12F3N3O3S. The Morgan fingerprint density at radius 1 is 1.45 bits per heavy atom. The van der Waals surface area contributed by atoms with Crippen LogP contribution >= 0.6 is 0 Å². The molecule has 1 aromatic heterocycles. The summed E-state index contributed by atoms with van der Waals surface area (Å²) in [6.07, 6.45) is -3.84. The molecule has 6 nitrogen and oxygen atoms in total. The molecule has 1 aliphatic carbocycles. The summed E-state index contributed by atoms with van der Waals surface area (Å²) >= 11 is 0. The van der Waals surface area contributed by atoms with Gasteiger partial charge in [0.1, 0.15) is 16.1 Å². The van der Waals surface area contributed by atoms with Crippen molar-refractivity contribution in [3.63, 3.8) is 0 Å². The van der Waals surface area contributed by atoms with Crippen molar-refractivity contribution in [3.8, 4) is 0 Å². The van der Waals surface area contributed by atoms with Crippen molar-refractivity contribution in [3.05, 3.63) is 18.0 Å². The number of nitrogens with zero attached hydrogens (tertiary/aromatic N) is 1. The zero-order valence-electron chi connectivity index (χ0n) is 10.4. The highest BCUT2D eigenvalue weighted by atomic mass is 32.2. The molecule has 3 N–H and O–H groups in total. The van der Waals surface area contributed by atoms with Crippen molar-refractivity contribution in [1.29, 1.82) is 0 Å². The molecule has 0 aromatic carbocycles. The van der Waals surface area contributed by atoms with Crippen LogP contribution in [0.5, 0.6) is 0 Å². The fraction of sp³-hybridized carbons (Fsp3) is 0.500. The van der Waals surface area contributed by atoms with Crippen LogP contribution in [0.15, 0.2) is 17.2 Å². The van der Waals surface area contributed by atoms with E-state index in [1.165, 1.54) is 7.05 Å². The molecule has 1 aliphatic rings. The number of rotatable bonds is 3. The molecule has 0 spiro atoms. The number of nitrogens with two attached hydrogens (primary N) is 1. The molecule has 0 atom stereocenters. The summed E-state index contributed by atoms with van der Waals surface area (Å²) in [5, 5.41) is 6.80. The Labute approximate surface area is 112 Å². The molecule has 20 heavy (non-hydrogen) atoms. The van der Waals surface area contributed by atoms with E-state index in [1.54, 1.807) is 0 Å². The molecule has 1 heterocycles. The van der Waals surface area contributed by atoms with Crippen molar-refractivity contribution in [2.45, 2.75) is 29.5 Å². The van der Waals surface area contributed by atoms with Crippen LogP contribution in [-0.4, -0.2) is 30.6 Å². The van der Waals surface area contributed by atoms with Gasteiger partial charge in [-0.3, -0.25) is 4.79 Å². The minimum absolute atomic E-state index is 0.186. The molecule has 1 saturated carbocycles. The first-order chi connectivity index (χ1) is 8.96. The van der Waals surface area contributed by atoms with Crippen LogP contribution in [0.4, 0.5) is 13.2 Å². The molecule has 1 amide bonds. The number of aryl methyl sites for hydroxylation is 1. The summed E-state index contributed by atoms with van der Waals surface area (Å²) in [7, 11) is -2.67. The van der Waals surface area contributed by atoms with Gasteiger partial charge in [-0.25, -0.2) is 13.6 Å². The molecule has 0 saturated heterocycles. The van der Waals surface area contributed by atoms with Gasteiger partial charge < -0.3 is 9.88 Å². The Bertz CT molecular complexity index is 659. The van der Waals surface area contributed by atoms with Gasteiger partial charge in [0.2, 0.25) is 10.0 Å². The lowest BCUT2D eigenvalue weighted by molar-refractivity contribution is -0.163. The molecule has 10 heteroatoms. The van der Waals surface area contributed by atoms with Gasteiger partial charge in [-0.1, -0.05) is 0 Å². The molecule has 0 radical (unpaired) electrons. The monoisotopic (exact) mass is 311 g/mol. The van der Waals surface area contributed by atoms with Crippen LogP contribution in [-0.2, 0) is 17.1 Å². The largest absolute Gasteiger partial charge is 0.411 e. The average molecular weight is 311 g/mol. The third-order valence-electron chi connectivity index (χ3n) is 3.19. The van der Waals surface area contributed by atoms with Gasteiger partial charge in [0.05, 0.1) is 0 Å². The smallest absolute Gasteiger partial charge is 0.345 e. The Morgan fingerprint density at radius 3 is 2.35 bits per heavy atom. The van der Waals surface area contributed by atoms with E-state index in [0.29, 0.717) is 0 Å². The molecule has 0 aliphatic heterocycles. The van der Waals surface area contributed by atoms with E-state index in [9.17, 15) is 26.4 Å². The molecule has 2 rings (SSSR count). The maximum Gasteiger partial charge on any atom is 0.411 e. The van der Waals surface area contributed by atoms with Gasteiger partial charge in [0.25, 0.3) is 5.91 Å². The third kappa shape index (κ3) is 2.52. The number of hydrogen-bond acceptors (Lipinski definition) is 3. The maximum atomic E-state index is 12.7. The number of carbonyl (C=O) groups is 1. The normalized spacial score (nSPS) is 17.9.